The first kappa shape index (κ1) is 14.5. The number of rotatable bonds is 6. The highest BCUT2D eigenvalue weighted by atomic mass is 19.1. The van der Waals surface area contributed by atoms with E-state index < -0.39 is 0 Å². The third-order valence-corrected chi connectivity index (χ3v) is 3.38. The Morgan fingerprint density at radius 3 is 2.10 bits per heavy atom. The molecule has 20 heavy (non-hydrogen) atoms. The van der Waals surface area contributed by atoms with E-state index in [1.807, 2.05) is 26.2 Å². The summed E-state index contributed by atoms with van der Waals surface area (Å²) in [5.41, 5.74) is 3.74. The zero-order chi connectivity index (χ0) is 14.4. The lowest BCUT2D eigenvalue weighted by atomic mass is 10.1. The van der Waals surface area contributed by atoms with Crippen LogP contribution in [0.15, 0.2) is 48.5 Å². The maximum Gasteiger partial charge on any atom is 0.123 e. The average molecular weight is 273 g/mol. The molecule has 2 rings (SSSR count). The van der Waals surface area contributed by atoms with E-state index in [-0.39, 0.29) is 5.82 Å². The molecule has 2 aromatic rings. The molecule has 0 aliphatic carbocycles. The van der Waals surface area contributed by atoms with E-state index in [2.05, 4.69) is 34.5 Å². The Labute approximate surface area is 120 Å². The van der Waals surface area contributed by atoms with E-state index in [1.165, 1.54) is 28.9 Å². The summed E-state index contributed by atoms with van der Waals surface area (Å²) in [6.07, 6.45) is 0.968. The van der Waals surface area contributed by atoms with Crippen molar-refractivity contribution in [2.75, 3.05) is 25.5 Å². The van der Waals surface area contributed by atoms with E-state index in [0.717, 1.165) is 19.5 Å². The predicted molar refractivity (Wildman–Crippen MR) is 81.4 cm³/mol. The molecule has 0 amide bonds. The van der Waals surface area contributed by atoms with Crippen molar-refractivity contribution in [3.8, 4) is 0 Å². The minimum absolute atomic E-state index is 0.168. The van der Waals surface area contributed by atoms with Crippen LogP contribution in [0.25, 0.3) is 0 Å². The standard InChI is InChI=1S/C17H21FN2/c1-20(2)17-9-5-15(6-10-17)13-19-12-11-14-3-7-16(18)8-4-14/h3-10,19H,11-13H2,1-2H3/p+1. The first-order chi connectivity index (χ1) is 9.65. The molecule has 106 valence electrons. The number of anilines is 1. The van der Waals surface area contributed by atoms with Gasteiger partial charge in [0.05, 0.1) is 6.54 Å². The summed E-state index contributed by atoms with van der Waals surface area (Å²) in [5.74, 6) is -0.168. The summed E-state index contributed by atoms with van der Waals surface area (Å²) in [5, 5.41) is 2.29. The van der Waals surface area contributed by atoms with Crippen LogP contribution in [-0.2, 0) is 13.0 Å². The fourth-order valence-electron chi connectivity index (χ4n) is 2.12. The summed E-state index contributed by atoms with van der Waals surface area (Å²) < 4.78 is 12.8. The molecular formula is C17H22FN2+. The number of benzene rings is 2. The molecule has 0 heterocycles. The van der Waals surface area contributed by atoms with E-state index in [1.54, 1.807) is 0 Å². The molecule has 0 aliphatic heterocycles. The van der Waals surface area contributed by atoms with Gasteiger partial charge >= 0.3 is 0 Å². The van der Waals surface area contributed by atoms with E-state index in [9.17, 15) is 4.39 Å². The van der Waals surface area contributed by atoms with Gasteiger partial charge in [0.1, 0.15) is 12.4 Å². The van der Waals surface area contributed by atoms with Gasteiger partial charge in [0.25, 0.3) is 0 Å². The van der Waals surface area contributed by atoms with Crippen molar-refractivity contribution in [2.24, 2.45) is 0 Å². The monoisotopic (exact) mass is 273 g/mol. The van der Waals surface area contributed by atoms with Gasteiger partial charge in [-0.25, -0.2) is 4.39 Å². The molecule has 0 bridgehead atoms. The van der Waals surface area contributed by atoms with Crippen LogP contribution >= 0.6 is 0 Å². The second kappa shape index (κ2) is 7.06. The maximum absolute atomic E-state index is 12.8. The van der Waals surface area contributed by atoms with Crippen LogP contribution in [0.5, 0.6) is 0 Å². The van der Waals surface area contributed by atoms with Gasteiger partial charge in [-0.2, -0.15) is 0 Å². The van der Waals surface area contributed by atoms with E-state index in [0.29, 0.717) is 0 Å². The highest BCUT2D eigenvalue weighted by Crippen LogP contribution is 2.11. The van der Waals surface area contributed by atoms with Crippen molar-refractivity contribution in [3.63, 3.8) is 0 Å². The van der Waals surface area contributed by atoms with Gasteiger partial charge in [0.2, 0.25) is 0 Å². The SMILES string of the molecule is CN(C)c1ccc(C[NH2+]CCc2ccc(F)cc2)cc1. The maximum atomic E-state index is 12.8. The van der Waals surface area contributed by atoms with Crippen molar-refractivity contribution in [1.29, 1.82) is 0 Å². The lowest BCUT2D eigenvalue weighted by molar-refractivity contribution is -0.670. The minimum atomic E-state index is -0.168. The van der Waals surface area contributed by atoms with Gasteiger partial charge in [-0.3, -0.25) is 0 Å². The van der Waals surface area contributed by atoms with Crippen LogP contribution in [0.3, 0.4) is 0 Å². The van der Waals surface area contributed by atoms with Crippen LogP contribution < -0.4 is 10.2 Å². The molecule has 0 spiro atoms. The van der Waals surface area contributed by atoms with E-state index >= 15 is 0 Å². The summed E-state index contributed by atoms with van der Waals surface area (Å²) >= 11 is 0. The van der Waals surface area contributed by atoms with Crippen molar-refractivity contribution in [2.45, 2.75) is 13.0 Å². The smallest absolute Gasteiger partial charge is 0.123 e. The third kappa shape index (κ3) is 4.35. The van der Waals surface area contributed by atoms with Crippen LogP contribution in [0.2, 0.25) is 0 Å². The fourth-order valence-corrected chi connectivity index (χ4v) is 2.12. The molecule has 2 N–H and O–H groups in total. The molecule has 3 heteroatoms. The minimum Gasteiger partial charge on any atom is -0.378 e. The van der Waals surface area contributed by atoms with Gasteiger partial charge in [-0.15, -0.1) is 0 Å². The number of halogens is 1. The Kier molecular flexibility index (Phi) is 5.13. The molecule has 2 aromatic carbocycles. The Morgan fingerprint density at radius 1 is 0.900 bits per heavy atom. The summed E-state index contributed by atoms with van der Waals surface area (Å²) in [6.45, 7) is 2.00. The molecule has 2 nitrogen and oxygen atoms in total. The molecule has 0 atom stereocenters. The summed E-state index contributed by atoms with van der Waals surface area (Å²) in [6, 6.07) is 15.4. The normalized spacial score (nSPS) is 10.6. The highest BCUT2D eigenvalue weighted by molar-refractivity contribution is 5.45. The first-order valence-corrected chi connectivity index (χ1v) is 6.97. The summed E-state index contributed by atoms with van der Waals surface area (Å²) in [4.78, 5) is 2.10. The Bertz CT molecular complexity index is 518. The van der Waals surface area contributed by atoms with Crippen LogP contribution in [0.1, 0.15) is 11.1 Å². The number of hydrogen-bond donors (Lipinski definition) is 1. The molecular weight excluding hydrogens is 251 g/mol. The Balaban J connectivity index is 1.74. The highest BCUT2D eigenvalue weighted by Gasteiger charge is 1.99. The average Bonchev–Trinajstić information content (AvgIpc) is 2.46. The van der Waals surface area contributed by atoms with Gasteiger partial charge in [-0.1, -0.05) is 24.3 Å². The number of hydrogen-bond acceptors (Lipinski definition) is 1. The predicted octanol–water partition coefficient (Wildman–Crippen LogP) is 2.20. The first-order valence-electron chi connectivity index (χ1n) is 6.97. The van der Waals surface area contributed by atoms with Gasteiger partial charge in [0, 0.05) is 31.8 Å². The third-order valence-electron chi connectivity index (χ3n) is 3.38. The lowest BCUT2D eigenvalue weighted by Gasteiger charge is -2.12. The Hall–Kier alpha value is -1.87. The van der Waals surface area contributed by atoms with Gasteiger partial charge in [0.15, 0.2) is 0 Å². The summed E-state index contributed by atoms with van der Waals surface area (Å²) in [7, 11) is 4.09. The van der Waals surface area contributed by atoms with Gasteiger partial charge < -0.3 is 10.2 Å². The molecule has 0 fully saturated rings. The number of quaternary nitrogens is 1. The molecule has 0 unspecified atom stereocenters. The molecule has 0 radical (unpaired) electrons. The molecule has 0 saturated heterocycles. The van der Waals surface area contributed by atoms with E-state index in [4.69, 9.17) is 0 Å². The van der Waals surface area contributed by atoms with Crippen molar-refractivity contribution >= 4 is 5.69 Å². The fraction of sp³-hybridized carbons (Fsp3) is 0.294. The number of nitrogens with zero attached hydrogens (tertiary/aromatic N) is 1. The largest absolute Gasteiger partial charge is 0.378 e. The zero-order valence-electron chi connectivity index (χ0n) is 12.1. The zero-order valence-corrected chi connectivity index (χ0v) is 12.1. The van der Waals surface area contributed by atoms with Crippen molar-refractivity contribution < 1.29 is 9.71 Å². The second-order valence-corrected chi connectivity index (χ2v) is 5.22. The topological polar surface area (TPSA) is 19.9 Å². The lowest BCUT2D eigenvalue weighted by Crippen LogP contribution is -2.83. The Morgan fingerprint density at radius 2 is 1.50 bits per heavy atom. The molecule has 0 saturated carbocycles. The van der Waals surface area contributed by atoms with Crippen LogP contribution in [0.4, 0.5) is 10.1 Å². The van der Waals surface area contributed by atoms with Crippen LogP contribution in [-0.4, -0.2) is 20.6 Å². The second-order valence-electron chi connectivity index (χ2n) is 5.22. The van der Waals surface area contributed by atoms with Crippen LogP contribution in [0, 0.1) is 5.82 Å². The van der Waals surface area contributed by atoms with Gasteiger partial charge in [-0.05, 0) is 29.8 Å². The quantitative estimate of drug-likeness (QED) is 0.800. The number of nitrogens with two attached hydrogens (primary N) is 1. The van der Waals surface area contributed by atoms with Crippen molar-refractivity contribution in [1.82, 2.24) is 0 Å². The van der Waals surface area contributed by atoms with Crippen molar-refractivity contribution in [3.05, 3.63) is 65.5 Å². The molecule has 0 aliphatic rings. The molecule has 0 aromatic heterocycles.